The maximum absolute atomic E-state index is 12.7. The van der Waals surface area contributed by atoms with E-state index in [4.69, 9.17) is 18.9 Å². The van der Waals surface area contributed by atoms with E-state index >= 15 is 0 Å². The Balaban J connectivity index is 2.15. The van der Waals surface area contributed by atoms with E-state index in [1.165, 1.54) is 52.7 Å². The van der Waals surface area contributed by atoms with Gasteiger partial charge in [-0.3, -0.25) is 4.79 Å². The van der Waals surface area contributed by atoms with Crippen molar-refractivity contribution in [1.29, 1.82) is 0 Å². The molecule has 0 heterocycles. The van der Waals surface area contributed by atoms with Gasteiger partial charge in [0.05, 0.1) is 28.4 Å². The molecule has 0 aromatic heterocycles. The molecule has 0 saturated carbocycles. The van der Waals surface area contributed by atoms with Gasteiger partial charge in [0.1, 0.15) is 5.75 Å². The zero-order valence-corrected chi connectivity index (χ0v) is 17.0. The second-order valence-electron chi connectivity index (χ2n) is 5.83. The number of carbonyl (C=O) groups excluding carboxylic acids is 1. The van der Waals surface area contributed by atoms with Gasteiger partial charge in [0.25, 0.3) is 0 Å². The minimum atomic E-state index is -3.03. The lowest BCUT2D eigenvalue weighted by molar-refractivity contribution is -0.116. The summed E-state index contributed by atoms with van der Waals surface area (Å²) in [5.41, 5.74) is 0.938. The maximum atomic E-state index is 12.7. The highest BCUT2D eigenvalue weighted by Gasteiger charge is 2.15. The summed E-state index contributed by atoms with van der Waals surface area (Å²) in [6.07, 6.45) is 2.57. The van der Waals surface area contributed by atoms with Gasteiger partial charge in [-0.15, -0.1) is 0 Å². The Bertz CT molecular complexity index is 901. The number of alkyl halides is 2. The molecular weight excluding hydrogens is 400 g/mol. The first-order valence-electron chi connectivity index (χ1n) is 8.80. The second-order valence-corrected chi connectivity index (χ2v) is 5.83. The highest BCUT2D eigenvalue weighted by atomic mass is 19.3. The number of hydrogen-bond acceptors (Lipinski definition) is 6. The fourth-order valence-electron chi connectivity index (χ4n) is 2.68. The molecule has 0 unspecified atom stereocenters. The summed E-state index contributed by atoms with van der Waals surface area (Å²) in [5.74, 6) is 1.03. The van der Waals surface area contributed by atoms with Crippen LogP contribution in [0.25, 0.3) is 6.08 Å². The van der Waals surface area contributed by atoms with Crippen LogP contribution < -0.4 is 29.0 Å². The van der Waals surface area contributed by atoms with Gasteiger partial charge in [-0.2, -0.15) is 8.78 Å². The van der Waals surface area contributed by atoms with Crippen molar-refractivity contribution in [3.63, 3.8) is 0 Å². The van der Waals surface area contributed by atoms with E-state index in [0.717, 1.165) is 0 Å². The zero-order chi connectivity index (χ0) is 22.1. The molecule has 30 heavy (non-hydrogen) atoms. The molecule has 2 rings (SSSR count). The predicted molar refractivity (Wildman–Crippen MR) is 107 cm³/mol. The summed E-state index contributed by atoms with van der Waals surface area (Å²) in [7, 11) is 5.85. The van der Waals surface area contributed by atoms with Gasteiger partial charge in [-0.1, -0.05) is 12.1 Å². The van der Waals surface area contributed by atoms with Gasteiger partial charge < -0.3 is 29.0 Å². The fraction of sp³-hybridized carbons (Fsp3) is 0.286. The van der Waals surface area contributed by atoms with E-state index in [1.807, 2.05) is 0 Å². The molecule has 1 amide bonds. The molecule has 1 N–H and O–H groups in total. The Labute approximate surface area is 173 Å². The zero-order valence-electron chi connectivity index (χ0n) is 17.0. The van der Waals surface area contributed by atoms with Crippen molar-refractivity contribution in [3.05, 3.63) is 47.5 Å². The Morgan fingerprint density at radius 2 is 1.60 bits per heavy atom. The summed E-state index contributed by atoms with van der Waals surface area (Å²) in [6.45, 7) is -2.88. The predicted octanol–water partition coefficient (Wildman–Crippen LogP) is 3.65. The summed E-state index contributed by atoms with van der Waals surface area (Å²) in [6, 6.07) is 7.96. The number of nitrogens with one attached hydrogen (secondary N) is 1. The molecular formula is C21H23F2NO6. The van der Waals surface area contributed by atoms with E-state index in [1.54, 1.807) is 18.2 Å². The normalized spacial score (nSPS) is 10.8. The average Bonchev–Trinajstić information content (AvgIpc) is 2.75. The number of halogens is 2. The van der Waals surface area contributed by atoms with Crippen LogP contribution in [0.1, 0.15) is 11.1 Å². The van der Waals surface area contributed by atoms with Crippen LogP contribution in [0.5, 0.6) is 28.7 Å². The molecule has 2 aromatic carbocycles. The third-order valence-electron chi connectivity index (χ3n) is 4.09. The van der Waals surface area contributed by atoms with Crippen molar-refractivity contribution in [2.24, 2.45) is 0 Å². The van der Waals surface area contributed by atoms with E-state index in [-0.39, 0.29) is 23.6 Å². The van der Waals surface area contributed by atoms with Gasteiger partial charge in [0.15, 0.2) is 23.0 Å². The lowest BCUT2D eigenvalue weighted by Gasteiger charge is -2.14. The Morgan fingerprint density at radius 1 is 0.967 bits per heavy atom. The van der Waals surface area contributed by atoms with E-state index in [0.29, 0.717) is 22.8 Å². The highest BCUT2D eigenvalue weighted by Crippen LogP contribution is 2.35. The lowest BCUT2D eigenvalue weighted by Crippen LogP contribution is -2.20. The average molecular weight is 423 g/mol. The van der Waals surface area contributed by atoms with Gasteiger partial charge in [0, 0.05) is 29.8 Å². The monoisotopic (exact) mass is 423 g/mol. The summed E-state index contributed by atoms with van der Waals surface area (Å²) in [4.78, 5) is 12.2. The van der Waals surface area contributed by atoms with Crippen molar-refractivity contribution in [1.82, 2.24) is 5.32 Å². The lowest BCUT2D eigenvalue weighted by atomic mass is 10.1. The number of rotatable bonds is 10. The fourth-order valence-corrected chi connectivity index (χ4v) is 2.68. The van der Waals surface area contributed by atoms with Gasteiger partial charge in [0.2, 0.25) is 5.91 Å². The van der Waals surface area contributed by atoms with Crippen molar-refractivity contribution < 1.29 is 37.3 Å². The largest absolute Gasteiger partial charge is 0.496 e. The van der Waals surface area contributed by atoms with Crippen LogP contribution in [0.3, 0.4) is 0 Å². The minimum Gasteiger partial charge on any atom is -0.496 e. The van der Waals surface area contributed by atoms with E-state index < -0.39 is 12.5 Å². The first-order chi connectivity index (χ1) is 14.4. The summed E-state index contributed by atoms with van der Waals surface area (Å²) >= 11 is 0. The summed E-state index contributed by atoms with van der Waals surface area (Å²) in [5, 5.41) is 2.70. The maximum Gasteiger partial charge on any atom is 0.387 e. The molecule has 0 aliphatic rings. The van der Waals surface area contributed by atoms with E-state index in [9.17, 15) is 13.6 Å². The Hall–Kier alpha value is -3.49. The first kappa shape index (κ1) is 22.8. The molecule has 0 atom stereocenters. The van der Waals surface area contributed by atoms with Crippen LogP contribution in [0, 0.1) is 0 Å². The molecule has 0 aliphatic carbocycles. The van der Waals surface area contributed by atoms with Crippen LogP contribution in [0.15, 0.2) is 36.4 Å². The number of hydrogen-bond donors (Lipinski definition) is 1. The van der Waals surface area contributed by atoms with Gasteiger partial charge in [-0.25, -0.2) is 0 Å². The molecule has 7 nitrogen and oxygen atoms in total. The molecule has 9 heteroatoms. The van der Waals surface area contributed by atoms with Crippen LogP contribution in [-0.2, 0) is 11.3 Å². The topological polar surface area (TPSA) is 75.2 Å². The first-order valence-corrected chi connectivity index (χ1v) is 8.80. The number of para-hydroxylation sites is 1. The SMILES string of the molecule is COc1cc(OC)c(OC)cc1CNC(=O)/C=C/c1cccc(OC)c1OC(F)F. The second kappa shape index (κ2) is 10.9. The van der Waals surface area contributed by atoms with Crippen molar-refractivity contribution in [2.75, 3.05) is 28.4 Å². The van der Waals surface area contributed by atoms with Crippen LogP contribution in [-0.4, -0.2) is 41.0 Å². The smallest absolute Gasteiger partial charge is 0.387 e. The molecule has 0 bridgehead atoms. The van der Waals surface area contributed by atoms with Crippen LogP contribution >= 0.6 is 0 Å². The van der Waals surface area contributed by atoms with Crippen LogP contribution in [0.2, 0.25) is 0 Å². The number of methoxy groups -OCH3 is 4. The highest BCUT2D eigenvalue weighted by molar-refractivity contribution is 5.92. The minimum absolute atomic E-state index is 0.132. The quantitative estimate of drug-likeness (QED) is 0.588. The van der Waals surface area contributed by atoms with Gasteiger partial charge >= 0.3 is 6.61 Å². The molecule has 0 saturated heterocycles. The molecule has 0 spiro atoms. The Morgan fingerprint density at radius 3 is 2.20 bits per heavy atom. The number of benzene rings is 2. The molecule has 0 fully saturated rings. The number of ether oxygens (including phenoxy) is 5. The number of amides is 1. The van der Waals surface area contributed by atoms with Crippen molar-refractivity contribution >= 4 is 12.0 Å². The van der Waals surface area contributed by atoms with E-state index in [2.05, 4.69) is 10.1 Å². The number of carbonyl (C=O) groups is 1. The molecule has 0 aliphatic heterocycles. The molecule has 2 aromatic rings. The van der Waals surface area contributed by atoms with Gasteiger partial charge in [-0.05, 0) is 18.2 Å². The standard InChI is InChI=1S/C21H23F2NO6/c1-26-15-7-5-6-13(20(15)30-21(22)23)8-9-19(25)24-12-14-10-17(28-3)18(29-4)11-16(14)27-2/h5-11,21H,12H2,1-4H3,(H,24,25)/b9-8+. The van der Waals surface area contributed by atoms with Crippen molar-refractivity contribution in [2.45, 2.75) is 13.2 Å². The van der Waals surface area contributed by atoms with Crippen molar-refractivity contribution in [3.8, 4) is 28.7 Å². The molecule has 162 valence electrons. The third-order valence-corrected chi connectivity index (χ3v) is 4.09. The Kier molecular flexibility index (Phi) is 8.28. The van der Waals surface area contributed by atoms with Crippen LogP contribution in [0.4, 0.5) is 8.78 Å². The summed E-state index contributed by atoms with van der Waals surface area (Å²) < 4.78 is 50.8. The third kappa shape index (κ3) is 5.76. The molecule has 0 radical (unpaired) electrons.